The molecule has 1 saturated heterocycles. The molecule has 28 heavy (non-hydrogen) atoms. The number of halogens is 1. The number of thioether (sulfide) groups is 1. The van der Waals surface area contributed by atoms with E-state index in [9.17, 15) is 9.59 Å². The van der Waals surface area contributed by atoms with Crippen LogP contribution in [0.1, 0.15) is 19.3 Å². The summed E-state index contributed by atoms with van der Waals surface area (Å²) >= 11 is 7.65. The first-order valence-electron chi connectivity index (χ1n) is 9.32. The molecule has 1 aliphatic rings. The summed E-state index contributed by atoms with van der Waals surface area (Å²) in [6.07, 6.45) is 3.28. The monoisotopic (exact) mass is 413 g/mol. The summed E-state index contributed by atoms with van der Waals surface area (Å²) in [5.41, 5.74) is 0.996. The second kappa shape index (κ2) is 8.37. The summed E-state index contributed by atoms with van der Waals surface area (Å²) < 4.78 is 1.51. The van der Waals surface area contributed by atoms with Crippen molar-refractivity contribution in [2.24, 2.45) is 0 Å². The lowest BCUT2D eigenvalue weighted by Gasteiger charge is -2.26. The van der Waals surface area contributed by atoms with Crippen molar-refractivity contribution in [1.82, 2.24) is 14.5 Å². The molecular weight excluding hydrogens is 394 g/mol. The van der Waals surface area contributed by atoms with Crippen LogP contribution < -0.4 is 5.56 Å². The Kier molecular flexibility index (Phi) is 5.69. The molecule has 0 spiro atoms. The van der Waals surface area contributed by atoms with Crippen LogP contribution in [0.15, 0.2) is 58.5 Å². The van der Waals surface area contributed by atoms with Crippen LogP contribution in [-0.2, 0) is 4.79 Å². The number of carbonyl (C=O) groups excluding carboxylic acids is 1. The van der Waals surface area contributed by atoms with E-state index in [1.54, 1.807) is 18.2 Å². The Bertz CT molecular complexity index is 1080. The number of fused-ring (bicyclic) bond motifs is 1. The van der Waals surface area contributed by atoms with Crippen LogP contribution in [-0.4, -0.2) is 39.2 Å². The number of nitrogens with zero attached hydrogens (tertiary/aromatic N) is 3. The molecule has 1 fully saturated rings. The van der Waals surface area contributed by atoms with E-state index in [0.717, 1.165) is 25.9 Å². The average Bonchev–Trinajstić information content (AvgIpc) is 2.73. The molecule has 5 nitrogen and oxygen atoms in total. The zero-order chi connectivity index (χ0) is 19.5. The summed E-state index contributed by atoms with van der Waals surface area (Å²) in [5, 5.41) is 1.46. The van der Waals surface area contributed by atoms with Crippen LogP contribution in [0, 0.1) is 0 Å². The Morgan fingerprint density at radius 3 is 2.54 bits per heavy atom. The van der Waals surface area contributed by atoms with Gasteiger partial charge >= 0.3 is 0 Å². The molecule has 1 amide bonds. The molecule has 3 aromatic rings. The minimum atomic E-state index is -0.188. The van der Waals surface area contributed by atoms with E-state index in [-0.39, 0.29) is 17.2 Å². The number of aromatic nitrogens is 2. The van der Waals surface area contributed by atoms with Gasteiger partial charge in [-0.1, -0.05) is 47.6 Å². The van der Waals surface area contributed by atoms with E-state index in [2.05, 4.69) is 4.98 Å². The summed E-state index contributed by atoms with van der Waals surface area (Å²) in [4.78, 5) is 32.4. The Morgan fingerprint density at radius 1 is 1.04 bits per heavy atom. The zero-order valence-corrected chi connectivity index (χ0v) is 16.9. The van der Waals surface area contributed by atoms with Crippen LogP contribution in [0.25, 0.3) is 16.6 Å². The van der Waals surface area contributed by atoms with Gasteiger partial charge in [-0.15, -0.1) is 0 Å². The summed E-state index contributed by atoms with van der Waals surface area (Å²) in [6, 6.07) is 14.4. The van der Waals surface area contributed by atoms with Gasteiger partial charge in [-0.2, -0.15) is 0 Å². The number of hydrogen-bond donors (Lipinski definition) is 0. The molecule has 0 radical (unpaired) electrons. The highest BCUT2D eigenvalue weighted by Gasteiger charge is 2.20. The molecule has 0 unspecified atom stereocenters. The van der Waals surface area contributed by atoms with E-state index in [1.807, 2.05) is 35.2 Å². The zero-order valence-electron chi connectivity index (χ0n) is 15.3. The molecule has 0 atom stereocenters. The normalized spacial score (nSPS) is 14.4. The van der Waals surface area contributed by atoms with Gasteiger partial charge in [0.2, 0.25) is 5.91 Å². The first kappa shape index (κ1) is 19.0. The fourth-order valence-electron chi connectivity index (χ4n) is 3.42. The third-order valence-electron chi connectivity index (χ3n) is 4.87. The maximum atomic E-state index is 13.2. The Balaban J connectivity index is 1.74. The lowest BCUT2D eigenvalue weighted by molar-refractivity contribution is -0.129. The third-order valence-corrected chi connectivity index (χ3v) is 6.11. The fraction of sp³-hybridized carbons (Fsp3) is 0.286. The summed E-state index contributed by atoms with van der Waals surface area (Å²) in [5.74, 6) is 0.327. The van der Waals surface area contributed by atoms with Crippen molar-refractivity contribution in [2.75, 3.05) is 18.8 Å². The number of amides is 1. The van der Waals surface area contributed by atoms with Crippen molar-refractivity contribution in [3.63, 3.8) is 0 Å². The highest BCUT2D eigenvalue weighted by Crippen LogP contribution is 2.26. The Hall–Kier alpha value is -2.31. The Labute approximate surface area is 172 Å². The van der Waals surface area contributed by atoms with Crippen molar-refractivity contribution in [2.45, 2.75) is 24.4 Å². The molecule has 7 heteroatoms. The van der Waals surface area contributed by atoms with E-state index in [1.165, 1.54) is 22.7 Å². The third kappa shape index (κ3) is 3.80. The molecule has 0 N–H and O–H groups in total. The largest absolute Gasteiger partial charge is 0.342 e. The molecule has 0 aliphatic carbocycles. The molecule has 0 saturated carbocycles. The fourth-order valence-corrected chi connectivity index (χ4v) is 4.54. The number of benzene rings is 2. The molecule has 1 aromatic heterocycles. The predicted octanol–water partition coefficient (Wildman–Crippen LogP) is 4.14. The minimum absolute atomic E-state index is 0.0813. The second-order valence-corrected chi connectivity index (χ2v) is 8.08. The van der Waals surface area contributed by atoms with Gasteiger partial charge in [-0.3, -0.25) is 14.2 Å². The minimum Gasteiger partial charge on any atom is -0.342 e. The Morgan fingerprint density at radius 2 is 1.75 bits per heavy atom. The van der Waals surface area contributed by atoms with Gasteiger partial charge < -0.3 is 4.90 Å². The van der Waals surface area contributed by atoms with Crippen molar-refractivity contribution < 1.29 is 4.79 Å². The molecule has 2 heterocycles. The smallest absolute Gasteiger partial charge is 0.266 e. The van der Waals surface area contributed by atoms with Gasteiger partial charge in [-0.05, 0) is 43.5 Å². The highest BCUT2D eigenvalue weighted by molar-refractivity contribution is 7.99. The first-order valence-corrected chi connectivity index (χ1v) is 10.7. The van der Waals surface area contributed by atoms with Gasteiger partial charge in [0.25, 0.3) is 5.56 Å². The molecule has 4 rings (SSSR count). The molecule has 1 aliphatic heterocycles. The number of carbonyl (C=O) groups is 1. The van der Waals surface area contributed by atoms with E-state index in [4.69, 9.17) is 11.6 Å². The first-order chi connectivity index (χ1) is 13.6. The van der Waals surface area contributed by atoms with Crippen molar-refractivity contribution >= 4 is 40.2 Å². The average molecular weight is 414 g/mol. The molecule has 2 aromatic carbocycles. The molecule has 0 bridgehead atoms. The maximum absolute atomic E-state index is 13.2. The number of rotatable bonds is 4. The molecular formula is C21H20ClN3O2S. The summed E-state index contributed by atoms with van der Waals surface area (Å²) in [7, 11) is 0. The van der Waals surface area contributed by atoms with Crippen molar-refractivity contribution in [3.8, 4) is 5.69 Å². The second-order valence-electron chi connectivity index (χ2n) is 6.73. The van der Waals surface area contributed by atoms with Gasteiger partial charge in [0.05, 0.1) is 27.4 Å². The van der Waals surface area contributed by atoms with Crippen LogP contribution in [0.3, 0.4) is 0 Å². The van der Waals surface area contributed by atoms with Crippen LogP contribution in [0.4, 0.5) is 0 Å². The number of hydrogen-bond acceptors (Lipinski definition) is 4. The van der Waals surface area contributed by atoms with Crippen LogP contribution in [0.2, 0.25) is 5.02 Å². The maximum Gasteiger partial charge on any atom is 0.266 e. The van der Waals surface area contributed by atoms with Crippen LogP contribution >= 0.6 is 23.4 Å². The van der Waals surface area contributed by atoms with Gasteiger partial charge in [-0.25, -0.2) is 4.98 Å². The predicted molar refractivity (Wildman–Crippen MR) is 114 cm³/mol. The van der Waals surface area contributed by atoms with E-state index < -0.39 is 0 Å². The van der Waals surface area contributed by atoms with Gasteiger partial charge in [0.15, 0.2) is 5.16 Å². The SMILES string of the molecule is O=C(CSc1nc2ccccc2c(=O)n1-c1ccccc1Cl)N1CCCCC1. The number of likely N-dealkylation sites (tertiary alicyclic amines) is 1. The highest BCUT2D eigenvalue weighted by atomic mass is 35.5. The lowest BCUT2D eigenvalue weighted by atomic mass is 10.1. The summed E-state index contributed by atoms with van der Waals surface area (Å²) in [6.45, 7) is 1.61. The van der Waals surface area contributed by atoms with Gasteiger partial charge in [0.1, 0.15) is 0 Å². The quantitative estimate of drug-likeness (QED) is 0.476. The van der Waals surface area contributed by atoms with Crippen LogP contribution in [0.5, 0.6) is 0 Å². The number of para-hydroxylation sites is 2. The van der Waals surface area contributed by atoms with E-state index in [0.29, 0.717) is 26.8 Å². The van der Waals surface area contributed by atoms with Crippen molar-refractivity contribution in [1.29, 1.82) is 0 Å². The topological polar surface area (TPSA) is 55.2 Å². The molecule has 144 valence electrons. The lowest BCUT2D eigenvalue weighted by Crippen LogP contribution is -2.36. The van der Waals surface area contributed by atoms with Crippen molar-refractivity contribution in [3.05, 3.63) is 63.9 Å². The van der Waals surface area contributed by atoms with Gasteiger partial charge in [0, 0.05) is 13.1 Å². The van der Waals surface area contributed by atoms with E-state index >= 15 is 0 Å². The number of piperidine rings is 1. The standard InChI is InChI=1S/C21H20ClN3O2S/c22-16-9-3-5-11-18(16)25-20(27)15-8-2-4-10-17(15)23-21(25)28-14-19(26)24-12-6-1-7-13-24/h2-5,8-11H,1,6-7,12-14H2.